The van der Waals surface area contributed by atoms with Crippen molar-refractivity contribution in [2.45, 2.75) is 24.8 Å². The van der Waals surface area contributed by atoms with Gasteiger partial charge in [-0.15, -0.1) is 0 Å². The third kappa shape index (κ3) is 2.82. The van der Waals surface area contributed by atoms with Gasteiger partial charge in [-0.3, -0.25) is 0 Å². The quantitative estimate of drug-likeness (QED) is 0.502. The summed E-state index contributed by atoms with van der Waals surface area (Å²) in [6, 6.07) is 12.5. The maximum absolute atomic E-state index is 6.50. The van der Waals surface area contributed by atoms with Crippen molar-refractivity contribution in [3.8, 4) is 0 Å². The molecule has 118 valence electrons. The van der Waals surface area contributed by atoms with Crippen LogP contribution >= 0.6 is 39.1 Å². The Hall–Kier alpha value is -0.960. The monoisotopic (exact) mass is 407 g/mol. The minimum Gasteiger partial charge on any atom is -0.378 e. The molecule has 1 aliphatic heterocycles. The largest absolute Gasteiger partial charge is 0.378 e. The molecule has 23 heavy (non-hydrogen) atoms. The third-order valence-corrected chi connectivity index (χ3v) is 5.94. The average molecular weight is 409 g/mol. The highest BCUT2D eigenvalue weighted by molar-refractivity contribution is 9.10. The summed E-state index contributed by atoms with van der Waals surface area (Å²) in [7, 11) is 0. The van der Waals surface area contributed by atoms with Gasteiger partial charge in [-0.05, 0) is 60.2 Å². The fourth-order valence-electron chi connectivity index (χ4n) is 3.84. The Morgan fingerprint density at radius 3 is 2.74 bits per heavy atom. The van der Waals surface area contributed by atoms with Crippen molar-refractivity contribution in [2.24, 2.45) is 5.92 Å². The van der Waals surface area contributed by atoms with E-state index in [9.17, 15) is 0 Å². The molecule has 0 radical (unpaired) electrons. The lowest BCUT2D eigenvalue weighted by Gasteiger charge is -2.42. The maximum Gasteiger partial charge on any atom is 0.0565 e. The molecule has 2 aromatic rings. The number of fused-ring (bicyclic) bond motifs is 3. The fraction of sp³-hybridized carbons (Fsp3) is 0.263. The second-order valence-corrected chi connectivity index (χ2v) is 7.97. The predicted octanol–water partition coefficient (Wildman–Crippen LogP) is 6.97. The predicted molar refractivity (Wildman–Crippen MR) is 102 cm³/mol. The van der Waals surface area contributed by atoms with E-state index in [1.54, 1.807) is 0 Å². The first-order valence-electron chi connectivity index (χ1n) is 7.81. The molecule has 4 heteroatoms. The average Bonchev–Trinajstić information content (AvgIpc) is 2.55. The molecule has 1 aliphatic carbocycles. The Morgan fingerprint density at radius 1 is 1.04 bits per heavy atom. The molecule has 4 rings (SSSR count). The van der Waals surface area contributed by atoms with E-state index in [0.29, 0.717) is 16.9 Å². The van der Waals surface area contributed by atoms with Gasteiger partial charge in [-0.1, -0.05) is 57.4 Å². The first-order chi connectivity index (χ1) is 11.1. The lowest BCUT2D eigenvalue weighted by Crippen LogP contribution is -2.32. The van der Waals surface area contributed by atoms with E-state index < -0.39 is 0 Å². The van der Waals surface area contributed by atoms with Gasteiger partial charge in [0.05, 0.1) is 6.04 Å². The van der Waals surface area contributed by atoms with E-state index in [1.165, 1.54) is 11.3 Å². The molecule has 3 atom stereocenters. The summed E-state index contributed by atoms with van der Waals surface area (Å²) in [6.07, 6.45) is 6.94. The Bertz CT molecular complexity index is 787. The second-order valence-electron chi connectivity index (χ2n) is 6.21. The molecule has 1 nitrogen and oxygen atoms in total. The molecule has 0 spiro atoms. The zero-order valence-corrected chi connectivity index (χ0v) is 15.5. The Balaban J connectivity index is 1.83. The van der Waals surface area contributed by atoms with Crippen LogP contribution in [0.2, 0.25) is 10.0 Å². The molecule has 2 aliphatic rings. The Morgan fingerprint density at radius 2 is 1.91 bits per heavy atom. The van der Waals surface area contributed by atoms with Gasteiger partial charge >= 0.3 is 0 Å². The molecule has 2 aromatic carbocycles. The standard InChI is InChI=1S/C19H16BrCl2N/c20-11-5-8-18-16(9-11)13-3-1-2-4-14(13)19(23-18)15-7-6-12(21)10-17(15)22/h1,3,5-10,13-14,19,23H,2,4H2/t13?,14?,19-/m0/s1. The van der Waals surface area contributed by atoms with Crippen LogP contribution in [-0.4, -0.2) is 0 Å². The summed E-state index contributed by atoms with van der Waals surface area (Å²) in [5.74, 6) is 0.926. The van der Waals surface area contributed by atoms with Crippen molar-refractivity contribution in [2.75, 3.05) is 5.32 Å². The van der Waals surface area contributed by atoms with Crippen LogP contribution in [0.5, 0.6) is 0 Å². The van der Waals surface area contributed by atoms with E-state index in [4.69, 9.17) is 23.2 Å². The van der Waals surface area contributed by atoms with Crippen molar-refractivity contribution in [3.63, 3.8) is 0 Å². The molecular formula is C19H16BrCl2N. The van der Waals surface area contributed by atoms with Gasteiger partial charge in [0.2, 0.25) is 0 Å². The SMILES string of the molecule is Clc1ccc([C@H]2Nc3ccc(Br)cc3C3C=CCCC32)c(Cl)c1. The highest BCUT2D eigenvalue weighted by atomic mass is 79.9. The second kappa shape index (κ2) is 6.16. The number of anilines is 1. The summed E-state index contributed by atoms with van der Waals surface area (Å²) < 4.78 is 1.12. The van der Waals surface area contributed by atoms with Gasteiger partial charge in [0.15, 0.2) is 0 Å². The summed E-state index contributed by atoms with van der Waals surface area (Å²) in [4.78, 5) is 0. The highest BCUT2D eigenvalue weighted by Gasteiger charge is 2.37. The number of hydrogen-bond acceptors (Lipinski definition) is 1. The zero-order chi connectivity index (χ0) is 16.0. The molecule has 0 saturated carbocycles. The number of allylic oxidation sites excluding steroid dienone is 2. The molecule has 0 aromatic heterocycles. The van der Waals surface area contributed by atoms with E-state index in [-0.39, 0.29) is 6.04 Å². The van der Waals surface area contributed by atoms with Crippen LogP contribution in [0.3, 0.4) is 0 Å². The van der Waals surface area contributed by atoms with Gasteiger partial charge in [-0.2, -0.15) is 0 Å². The van der Waals surface area contributed by atoms with E-state index in [1.807, 2.05) is 12.1 Å². The van der Waals surface area contributed by atoms with Gasteiger partial charge in [-0.25, -0.2) is 0 Å². The lowest BCUT2D eigenvalue weighted by molar-refractivity contribution is 0.363. The first kappa shape index (κ1) is 15.6. The molecule has 0 bridgehead atoms. The summed E-state index contributed by atoms with van der Waals surface area (Å²) in [5.41, 5.74) is 3.69. The molecule has 1 N–H and O–H groups in total. The van der Waals surface area contributed by atoms with Crippen LogP contribution in [0.1, 0.15) is 35.9 Å². The minimum atomic E-state index is 0.211. The van der Waals surface area contributed by atoms with Crippen molar-refractivity contribution in [1.82, 2.24) is 0 Å². The van der Waals surface area contributed by atoms with Gasteiger partial charge < -0.3 is 5.32 Å². The van der Waals surface area contributed by atoms with Crippen LogP contribution < -0.4 is 5.32 Å². The molecule has 1 heterocycles. The van der Waals surface area contributed by atoms with E-state index >= 15 is 0 Å². The molecule has 0 fully saturated rings. The van der Waals surface area contributed by atoms with Crippen molar-refractivity contribution in [1.29, 1.82) is 0 Å². The zero-order valence-electron chi connectivity index (χ0n) is 12.4. The molecule has 2 unspecified atom stereocenters. The van der Waals surface area contributed by atoms with Crippen molar-refractivity contribution < 1.29 is 0 Å². The van der Waals surface area contributed by atoms with Crippen LogP contribution in [-0.2, 0) is 0 Å². The van der Waals surface area contributed by atoms with E-state index in [2.05, 4.69) is 57.7 Å². The van der Waals surface area contributed by atoms with Crippen LogP contribution in [0.25, 0.3) is 0 Å². The van der Waals surface area contributed by atoms with Crippen LogP contribution in [0, 0.1) is 5.92 Å². The maximum atomic E-state index is 6.50. The number of benzene rings is 2. The normalized spacial score (nSPS) is 25.4. The topological polar surface area (TPSA) is 12.0 Å². The van der Waals surface area contributed by atoms with E-state index in [0.717, 1.165) is 27.9 Å². The van der Waals surface area contributed by atoms with Crippen LogP contribution in [0.15, 0.2) is 53.0 Å². The van der Waals surface area contributed by atoms with Crippen molar-refractivity contribution in [3.05, 3.63) is 74.2 Å². The molecule has 0 amide bonds. The van der Waals surface area contributed by atoms with Gasteiger partial charge in [0.1, 0.15) is 0 Å². The number of halogens is 3. The Kier molecular flexibility index (Phi) is 4.17. The number of rotatable bonds is 1. The first-order valence-corrected chi connectivity index (χ1v) is 9.36. The Labute approximate surface area is 154 Å². The smallest absolute Gasteiger partial charge is 0.0565 e. The van der Waals surface area contributed by atoms with Gasteiger partial charge in [0, 0.05) is 26.1 Å². The number of nitrogens with one attached hydrogen (secondary N) is 1. The highest BCUT2D eigenvalue weighted by Crippen LogP contribution is 2.50. The summed E-state index contributed by atoms with van der Waals surface area (Å²) >= 11 is 16.2. The van der Waals surface area contributed by atoms with Crippen LogP contribution in [0.4, 0.5) is 5.69 Å². The molecule has 0 saturated heterocycles. The van der Waals surface area contributed by atoms with Crippen molar-refractivity contribution >= 4 is 44.8 Å². The lowest BCUT2D eigenvalue weighted by atomic mass is 9.71. The summed E-state index contributed by atoms with van der Waals surface area (Å²) in [5, 5.41) is 5.14. The minimum absolute atomic E-state index is 0.211. The third-order valence-electron chi connectivity index (χ3n) is 4.88. The fourth-order valence-corrected chi connectivity index (χ4v) is 4.74. The van der Waals surface area contributed by atoms with Gasteiger partial charge in [0.25, 0.3) is 0 Å². The molecular weight excluding hydrogens is 393 g/mol. The number of hydrogen-bond donors (Lipinski definition) is 1. The summed E-state index contributed by atoms with van der Waals surface area (Å²) in [6.45, 7) is 0.